The second-order valence-corrected chi connectivity index (χ2v) is 9.91. The molecular formula is C20H28N4O6S. The van der Waals surface area contributed by atoms with Gasteiger partial charge in [-0.3, -0.25) is 14.5 Å². The summed E-state index contributed by atoms with van der Waals surface area (Å²) in [7, 11) is -3.71. The molecule has 1 aromatic carbocycles. The maximum Gasteiger partial charge on any atom is 0.243 e. The van der Waals surface area contributed by atoms with E-state index in [9.17, 15) is 18.0 Å². The predicted molar refractivity (Wildman–Crippen MR) is 111 cm³/mol. The third kappa shape index (κ3) is 4.63. The van der Waals surface area contributed by atoms with Gasteiger partial charge in [-0.25, -0.2) is 8.42 Å². The number of primary amides is 1. The highest BCUT2D eigenvalue weighted by atomic mass is 32.2. The summed E-state index contributed by atoms with van der Waals surface area (Å²) in [6.07, 6.45) is 2.25. The number of nitrogens with zero attached hydrogens (tertiary/aromatic N) is 3. The minimum atomic E-state index is -3.71. The lowest BCUT2D eigenvalue weighted by atomic mass is 10.2. The van der Waals surface area contributed by atoms with Crippen LogP contribution in [-0.4, -0.2) is 92.9 Å². The van der Waals surface area contributed by atoms with Crippen LogP contribution < -0.4 is 15.2 Å². The molecule has 2 amide bonds. The number of piperazine rings is 1. The molecule has 2 saturated heterocycles. The fraction of sp³-hybridized carbons (Fsp3) is 0.600. The van der Waals surface area contributed by atoms with Crippen LogP contribution >= 0.6 is 0 Å². The van der Waals surface area contributed by atoms with Crippen LogP contribution in [0.1, 0.15) is 19.3 Å². The van der Waals surface area contributed by atoms with Gasteiger partial charge in [-0.1, -0.05) is 0 Å². The lowest BCUT2D eigenvalue weighted by molar-refractivity contribution is -0.134. The third-order valence-electron chi connectivity index (χ3n) is 5.98. The van der Waals surface area contributed by atoms with Crippen LogP contribution in [0.2, 0.25) is 0 Å². The summed E-state index contributed by atoms with van der Waals surface area (Å²) in [6.45, 7) is 2.83. The second-order valence-electron chi connectivity index (χ2n) is 7.97. The van der Waals surface area contributed by atoms with Gasteiger partial charge < -0.3 is 20.1 Å². The van der Waals surface area contributed by atoms with Gasteiger partial charge in [0.2, 0.25) is 21.8 Å². The van der Waals surface area contributed by atoms with E-state index in [1.807, 2.05) is 4.90 Å². The molecule has 170 valence electrons. The first-order chi connectivity index (χ1) is 14.9. The number of fused-ring (bicyclic) bond motifs is 1. The van der Waals surface area contributed by atoms with Crippen LogP contribution in [0, 0.1) is 0 Å². The highest BCUT2D eigenvalue weighted by molar-refractivity contribution is 7.89. The molecule has 1 atom stereocenters. The minimum absolute atomic E-state index is 0.110. The molecular weight excluding hydrogens is 424 g/mol. The highest BCUT2D eigenvalue weighted by Gasteiger charge is 2.34. The number of hydrogen-bond acceptors (Lipinski definition) is 7. The molecule has 11 heteroatoms. The highest BCUT2D eigenvalue weighted by Crippen LogP contribution is 2.33. The number of carbonyl (C=O) groups is 2. The molecule has 0 spiro atoms. The first-order valence-electron chi connectivity index (χ1n) is 10.6. The SMILES string of the molecule is NC(=O)[C@H]1CCCN1CC(=O)N1CCN(S(=O)(=O)c2ccc3c(c2)OCCCO3)CC1. The van der Waals surface area contributed by atoms with Gasteiger partial charge >= 0.3 is 0 Å². The van der Waals surface area contributed by atoms with Crippen LogP contribution in [0.3, 0.4) is 0 Å². The van der Waals surface area contributed by atoms with Gasteiger partial charge in [-0.15, -0.1) is 0 Å². The Morgan fingerprint density at radius 3 is 2.42 bits per heavy atom. The monoisotopic (exact) mass is 452 g/mol. The summed E-state index contributed by atoms with van der Waals surface area (Å²) in [5, 5.41) is 0. The van der Waals surface area contributed by atoms with E-state index >= 15 is 0 Å². The summed E-state index contributed by atoms with van der Waals surface area (Å²) in [5.74, 6) is 0.460. The molecule has 3 aliphatic heterocycles. The smallest absolute Gasteiger partial charge is 0.243 e. The van der Waals surface area contributed by atoms with E-state index in [1.54, 1.807) is 11.0 Å². The number of benzene rings is 1. The Hall–Kier alpha value is -2.37. The van der Waals surface area contributed by atoms with E-state index in [2.05, 4.69) is 0 Å². The number of nitrogens with two attached hydrogens (primary N) is 1. The standard InChI is InChI=1S/C20H28N4O6S/c21-20(26)16-3-1-6-23(16)14-19(25)22-7-9-24(10-8-22)31(27,28)15-4-5-17-18(13-15)30-12-2-11-29-17/h4-5,13,16H,1-3,6-12,14H2,(H2,21,26)/t16-/m1/s1. The van der Waals surface area contributed by atoms with Crippen molar-refractivity contribution in [2.24, 2.45) is 5.73 Å². The van der Waals surface area contributed by atoms with Gasteiger partial charge in [0.15, 0.2) is 11.5 Å². The summed E-state index contributed by atoms with van der Waals surface area (Å²) in [5.41, 5.74) is 5.42. The topological polar surface area (TPSA) is 122 Å². The van der Waals surface area contributed by atoms with Crippen molar-refractivity contribution in [1.82, 2.24) is 14.1 Å². The van der Waals surface area contributed by atoms with Crippen molar-refractivity contribution in [3.8, 4) is 11.5 Å². The largest absolute Gasteiger partial charge is 0.490 e. The molecule has 0 bridgehead atoms. The van der Waals surface area contributed by atoms with Crippen LogP contribution in [0.25, 0.3) is 0 Å². The summed E-state index contributed by atoms with van der Waals surface area (Å²) in [6, 6.07) is 4.26. The average molecular weight is 453 g/mol. The zero-order chi connectivity index (χ0) is 22.0. The van der Waals surface area contributed by atoms with Gasteiger partial charge in [0.25, 0.3) is 0 Å². The quantitative estimate of drug-likeness (QED) is 0.647. The Morgan fingerprint density at radius 1 is 1.00 bits per heavy atom. The maximum absolute atomic E-state index is 13.1. The van der Waals surface area contributed by atoms with Crippen molar-refractivity contribution in [3.05, 3.63) is 18.2 Å². The zero-order valence-electron chi connectivity index (χ0n) is 17.4. The van der Waals surface area contributed by atoms with Crippen molar-refractivity contribution >= 4 is 21.8 Å². The average Bonchev–Trinajstić information content (AvgIpc) is 3.09. The molecule has 4 rings (SSSR count). The van der Waals surface area contributed by atoms with E-state index in [0.717, 1.165) is 12.8 Å². The first kappa shape index (κ1) is 21.8. The summed E-state index contributed by atoms with van der Waals surface area (Å²) in [4.78, 5) is 27.8. The molecule has 1 aromatic rings. The number of likely N-dealkylation sites (tertiary alicyclic amines) is 1. The Labute approximate surface area is 181 Å². The van der Waals surface area contributed by atoms with Gasteiger partial charge in [0, 0.05) is 38.7 Å². The molecule has 3 aliphatic rings. The van der Waals surface area contributed by atoms with Crippen molar-refractivity contribution < 1.29 is 27.5 Å². The lowest BCUT2D eigenvalue weighted by Crippen LogP contribution is -2.53. The van der Waals surface area contributed by atoms with Crippen LogP contribution in [0.15, 0.2) is 23.1 Å². The molecule has 0 aromatic heterocycles. The van der Waals surface area contributed by atoms with E-state index in [-0.39, 0.29) is 30.4 Å². The molecule has 0 unspecified atom stereocenters. The summed E-state index contributed by atoms with van der Waals surface area (Å²) < 4.78 is 38.8. The van der Waals surface area contributed by atoms with Crippen LogP contribution in [-0.2, 0) is 19.6 Å². The van der Waals surface area contributed by atoms with E-state index < -0.39 is 22.0 Å². The summed E-state index contributed by atoms with van der Waals surface area (Å²) >= 11 is 0. The van der Waals surface area contributed by atoms with Gasteiger partial charge in [0.1, 0.15) is 0 Å². The van der Waals surface area contributed by atoms with Gasteiger partial charge in [0.05, 0.1) is 30.7 Å². The van der Waals surface area contributed by atoms with Crippen molar-refractivity contribution in [3.63, 3.8) is 0 Å². The van der Waals surface area contributed by atoms with Crippen LogP contribution in [0.4, 0.5) is 0 Å². The molecule has 2 N–H and O–H groups in total. The van der Waals surface area contributed by atoms with Crippen molar-refractivity contribution in [2.45, 2.75) is 30.2 Å². The fourth-order valence-electron chi connectivity index (χ4n) is 4.24. The third-order valence-corrected chi connectivity index (χ3v) is 7.87. The van der Waals surface area contributed by atoms with Gasteiger partial charge in [-0.05, 0) is 31.5 Å². The van der Waals surface area contributed by atoms with Crippen LogP contribution in [0.5, 0.6) is 11.5 Å². The Kier molecular flexibility index (Phi) is 6.35. The fourth-order valence-corrected chi connectivity index (χ4v) is 5.68. The number of hydrogen-bond donors (Lipinski definition) is 1. The minimum Gasteiger partial charge on any atom is -0.490 e. The molecule has 3 heterocycles. The molecule has 2 fully saturated rings. The number of amides is 2. The molecule has 0 aliphatic carbocycles. The number of sulfonamides is 1. The van der Waals surface area contributed by atoms with E-state index in [4.69, 9.17) is 15.2 Å². The molecule has 0 saturated carbocycles. The normalized spacial score (nSPS) is 22.8. The second kappa shape index (κ2) is 9.01. The zero-order valence-corrected chi connectivity index (χ0v) is 18.2. The van der Waals surface area contributed by atoms with Crippen molar-refractivity contribution in [2.75, 3.05) is 52.5 Å². The Bertz CT molecular complexity index is 945. The molecule has 31 heavy (non-hydrogen) atoms. The maximum atomic E-state index is 13.1. The predicted octanol–water partition coefficient (Wildman–Crippen LogP) is -0.369. The molecule has 0 radical (unpaired) electrons. The van der Waals surface area contributed by atoms with Gasteiger partial charge in [-0.2, -0.15) is 4.31 Å². The lowest BCUT2D eigenvalue weighted by Gasteiger charge is -2.35. The number of rotatable bonds is 5. The first-order valence-corrected chi connectivity index (χ1v) is 12.0. The van der Waals surface area contributed by atoms with E-state index in [1.165, 1.54) is 16.4 Å². The van der Waals surface area contributed by atoms with Crippen molar-refractivity contribution in [1.29, 1.82) is 0 Å². The molecule has 10 nitrogen and oxygen atoms in total. The van der Waals surface area contributed by atoms with E-state index in [0.29, 0.717) is 50.8 Å². The Balaban J connectivity index is 1.37. The number of ether oxygens (including phenoxy) is 2. The Morgan fingerprint density at radius 2 is 1.71 bits per heavy atom. The number of carbonyl (C=O) groups excluding carboxylic acids is 2.